The summed E-state index contributed by atoms with van der Waals surface area (Å²) in [6.45, 7) is 0. The maximum atomic E-state index is 6.81. The van der Waals surface area contributed by atoms with Gasteiger partial charge < -0.3 is 39.0 Å². The highest BCUT2D eigenvalue weighted by Crippen LogP contribution is 2.71. The quantitative estimate of drug-likeness (QED) is 0.0938. The number of para-hydroxylation sites is 4. The molecule has 0 saturated carbocycles. The lowest BCUT2D eigenvalue weighted by molar-refractivity contribution is 0.394. The van der Waals surface area contributed by atoms with E-state index in [0.29, 0.717) is 45.9 Å². The summed E-state index contributed by atoms with van der Waals surface area (Å²) < 4.78 is 53.7. The minimum Gasteiger partial charge on any atom is -0.453 e. The molecule has 1 atom stereocenters. The molecule has 4 N–H and O–H groups in total. The molecule has 250 valence electrons. The number of benzene rings is 6. The van der Waals surface area contributed by atoms with Gasteiger partial charge in [-0.15, -0.1) is 9.03 Å². The lowest BCUT2D eigenvalue weighted by Crippen LogP contribution is -2.06. The van der Waals surface area contributed by atoms with Gasteiger partial charge in [-0.25, -0.2) is 0 Å². The molecule has 1 heterocycles. The fourth-order valence-electron chi connectivity index (χ4n) is 4.53. The average Bonchev–Trinajstić information content (AvgIpc) is 3.13. The first-order valence-electron chi connectivity index (χ1n) is 15.3. The Kier molecular flexibility index (Phi) is 9.72. The van der Waals surface area contributed by atoms with Gasteiger partial charge >= 0.3 is 15.3 Å². The highest BCUT2D eigenvalue weighted by Gasteiger charge is 2.40. The van der Waals surface area contributed by atoms with Crippen LogP contribution in [0.2, 0.25) is 0 Å². The van der Waals surface area contributed by atoms with Crippen molar-refractivity contribution in [2.45, 2.75) is 0 Å². The smallest absolute Gasteiger partial charge is 0.453 e. The Morgan fingerprint density at radius 2 is 0.880 bits per heavy atom. The molecule has 0 radical (unpaired) electrons. The zero-order valence-electron chi connectivity index (χ0n) is 26.3. The second kappa shape index (κ2) is 14.8. The third-order valence-electron chi connectivity index (χ3n) is 6.80. The number of nitrogens with two attached hydrogens (primary N) is 2. The number of nitrogen functional groups attached to an aromatic ring is 2. The van der Waals surface area contributed by atoms with Crippen molar-refractivity contribution < 1.29 is 27.6 Å². The summed E-state index contributed by atoms with van der Waals surface area (Å²) in [7, 11) is -7.01. The van der Waals surface area contributed by atoms with Crippen LogP contribution in [0.3, 0.4) is 0 Å². The number of rotatable bonds is 12. The van der Waals surface area contributed by atoms with E-state index in [1.165, 1.54) is 0 Å². The SMILES string of the molecule is Nc1ccc(Oc2cccc(OP3(Oc4ccccc4)=NP=NP(Oc4ccccc4)(Oc4ccccc4)=N3)c2Oc2ccc(N)cc2)cc1. The van der Waals surface area contributed by atoms with Gasteiger partial charge in [-0.05, 0) is 97.1 Å². The van der Waals surface area contributed by atoms with Crippen molar-refractivity contribution in [1.82, 2.24) is 0 Å². The average molecular weight is 722 g/mol. The van der Waals surface area contributed by atoms with Crippen LogP contribution in [0.1, 0.15) is 0 Å². The monoisotopic (exact) mass is 721 g/mol. The number of hydrogen-bond acceptors (Lipinski definition) is 11. The summed E-state index contributed by atoms with van der Waals surface area (Å²) >= 11 is 0. The van der Waals surface area contributed by atoms with Gasteiger partial charge in [0.1, 0.15) is 28.7 Å². The summed E-state index contributed by atoms with van der Waals surface area (Å²) in [6.07, 6.45) is 0. The third-order valence-corrected chi connectivity index (χ3v) is 12.8. The van der Waals surface area contributed by atoms with E-state index in [1.807, 2.05) is 54.6 Å². The molecule has 1 unspecified atom stereocenters. The molecule has 1 aliphatic heterocycles. The summed E-state index contributed by atoms with van der Waals surface area (Å²) in [5, 5.41) is 0. The second-order valence-electron chi connectivity index (χ2n) is 10.6. The van der Waals surface area contributed by atoms with Crippen LogP contribution in [0.15, 0.2) is 171 Å². The largest absolute Gasteiger partial charge is 0.460 e. The van der Waals surface area contributed by atoms with Crippen molar-refractivity contribution in [3.05, 3.63) is 158 Å². The normalized spacial score (nSPS) is 16.2. The lowest BCUT2D eigenvalue weighted by atomic mass is 10.2. The first-order valence-corrected chi connectivity index (χ1v) is 19.1. The predicted octanol–water partition coefficient (Wildman–Crippen LogP) is 12.0. The van der Waals surface area contributed by atoms with E-state index in [0.717, 1.165) is 0 Å². The van der Waals surface area contributed by atoms with E-state index in [2.05, 4.69) is 0 Å². The lowest BCUT2D eigenvalue weighted by Gasteiger charge is -2.28. The molecular formula is C36H30N5O6P3. The Morgan fingerprint density at radius 1 is 0.420 bits per heavy atom. The van der Waals surface area contributed by atoms with Crippen LogP contribution in [0, 0.1) is 0 Å². The zero-order valence-corrected chi connectivity index (χ0v) is 29.0. The molecule has 14 heteroatoms. The van der Waals surface area contributed by atoms with Gasteiger partial charge in [0.25, 0.3) is 0 Å². The Hall–Kier alpha value is -5.72. The van der Waals surface area contributed by atoms with E-state index in [4.69, 9.17) is 52.6 Å². The van der Waals surface area contributed by atoms with E-state index in [-0.39, 0.29) is 20.0 Å². The highest BCUT2D eigenvalue weighted by molar-refractivity contribution is 7.73. The molecule has 1 aliphatic rings. The fraction of sp³-hybridized carbons (Fsp3) is 0. The molecule has 50 heavy (non-hydrogen) atoms. The summed E-state index contributed by atoms with van der Waals surface area (Å²) in [5.74, 6) is 3.33. The molecule has 0 spiro atoms. The number of hydrogen-bond donors (Lipinski definition) is 2. The Labute approximate surface area is 290 Å². The van der Waals surface area contributed by atoms with Gasteiger partial charge in [-0.3, -0.25) is 0 Å². The van der Waals surface area contributed by atoms with Crippen molar-refractivity contribution in [2.24, 2.45) is 13.5 Å². The molecule has 0 saturated heterocycles. The minimum atomic E-state index is -3.71. The maximum absolute atomic E-state index is 6.81. The van der Waals surface area contributed by atoms with Gasteiger partial charge in [-0.2, -0.15) is 0 Å². The Balaban J connectivity index is 1.37. The highest BCUT2D eigenvalue weighted by atomic mass is 31.3. The second-order valence-corrected chi connectivity index (χ2v) is 15.6. The van der Waals surface area contributed by atoms with Gasteiger partial charge in [0.2, 0.25) is 5.75 Å². The van der Waals surface area contributed by atoms with E-state index in [1.54, 1.807) is 103 Å². The minimum absolute atomic E-state index is 0.237. The molecule has 6 aromatic carbocycles. The standard InChI is InChI=1S/C36H30N5O6P3/c37-27-19-23-29(24-20-27)42-34-17-10-18-35(36(34)43-30-25-21-28(38)22-26-30)47-50(46-33-15-8-3-9-16-33)40-48-39-49(41-50,44-31-11-4-1-5-12-31)45-32-13-6-2-7-14-32/h1-26H,37-38H2. The van der Waals surface area contributed by atoms with Crippen LogP contribution in [0.25, 0.3) is 0 Å². The van der Waals surface area contributed by atoms with E-state index in [9.17, 15) is 0 Å². The van der Waals surface area contributed by atoms with Crippen molar-refractivity contribution >= 4 is 35.2 Å². The van der Waals surface area contributed by atoms with Crippen molar-refractivity contribution in [3.63, 3.8) is 0 Å². The first kappa shape index (κ1) is 32.8. The molecule has 7 rings (SSSR count). The van der Waals surface area contributed by atoms with Gasteiger partial charge in [-0.1, -0.05) is 65.2 Å². The Morgan fingerprint density at radius 3 is 1.40 bits per heavy atom. The van der Waals surface area contributed by atoms with E-state index >= 15 is 0 Å². The van der Waals surface area contributed by atoms with Crippen LogP contribution in [0.5, 0.6) is 46.0 Å². The molecule has 0 aromatic heterocycles. The summed E-state index contributed by atoms with van der Waals surface area (Å²) in [5.41, 5.74) is 13.1. The van der Waals surface area contributed by atoms with Crippen LogP contribution in [0.4, 0.5) is 11.4 Å². The predicted molar refractivity (Wildman–Crippen MR) is 198 cm³/mol. The fourth-order valence-corrected chi connectivity index (χ4v) is 10.7. The first-order chi connectivity index (χ1) is 24.4. The van der Waals surface area contributed by atoms with Gasteiger partial charge in [0.15, 0.2) is 20.0 Å². The van der Waals surface area contributed by atoms with Gasteiger partial charge in [0, 0.05) is 11.4 Å². The Bertz CT molecular complexity index is 2160. The van der Waals surface area contributed by atoms with Crippen molar-refractivity contribution in [1.29, 1.82) is 0 Å². The summed E-state index contributed by atoms with van der Waals surface area (Å²) in [6, 6.07) is 46.8. The van der Waals surface area contributed by atoms with Gasteiger partial charge in [0.05, 0.1) is 0 Å². The maximum Gasteiger partial charge on any atom is 0.460 e. The molecule has 0 bridgehead atoms. The van der Waals surface area contributed by atoms with Crippen LogP contribution in [-0.2, 0) is 0 Å². The zero-order chi connectivity index (χ0) is 34.2. The van der Waals surface area contributed by atoms with Crippen LogP contribution in [-0.4, -0.2) is 0 Å². The topological polar surface area (TPSA) is 145 Å². The molecule has 0 amide bonds. The molecule has 0 aliphatic carbocycles. The molecule has 6 aromatic rings. The number of ether oxygens (including phenoxy) is 2. The van der Waals surface area contributed by atoms with Crippen LogP contribution < -0.4 is 39.0 Å². The van der Waals surface area contributed by atoms with Crippen molar-refractivity contribution in [3.8, 4) is 46.0 Å². The molecule has 11 nitrogen and oxygen atoms in total. The number of anilines is 2. The number of nitrogens with zero attached hydrogens (tertiary/aromatic N) is 3. The van der Waals surface area contributed by atoms with Crippen molar-refractivity contribution in [2.75, 3.05) is 11.5 Å². The van der Waals surface area contributed by atoms with Crippen LogP contribution >= 0.6 is 23.8 Å². The molecule has 0 fully saturated rings. The van der Waals surface area contributed by atoms with E-state index < -0.39 is 15.3 Å². The third kappa shape index (κ3) is 8.11. The molecular weight excluding hydrogens is 691 g/mol. The summed E-state index contributed by atoms with van der Waals surface area (Å²) in [4.78, 5) is 0.